The van der Waals surface area contributed by atoms with Crippen molar-refractivity contribution < 1.29 is 22.7 Å². The van der Waals surface area contributed by atoms with E-state index in [0.717, 1.165) is 0 Å². The van der Waals surface area contributed by atoms with E-state index < -0.39 is 12.1 Å². The molecule has 37 heavy (non-hydrogen) atoms. The van der Waals surface area contributed by atoms with Crippen molar-refractivity contribution in [2.24, 2.45) is 0 Å². The van der Waals surface area contributed by atoms with E-state index in [9.17, 15) is 23.2 Å². The van der Waals surface area contributed by atoms with Gasteiger partial charge in [0, 0.05) is 17.3 Å². The molecule has 2 heterocycles. The molecule has 3 aromatic carbocycles. The van der Waals surface area contributed by atoms with Crippen LogP contribution in [0.25, 0.3) is 28.2 Å². The van der Waals surface area contributed by atoms with Gasteiger partial charge in [0.05, 0.1) is 11.4 Å². The molecular weight excluding hydrogens is 483 g/mol. The Kier molecular flexibility index (Phi) is 6.03. The quantitative estimate of drug-likeness (QED) is 0.310. The minimum absolute atomic E-state index is 0.0599. The number of aromatic nitrogens is 3. The van der Waals surface area contributed by atoms with E-state index in [1.807, 2.05) is 35.6 Å². The summed E-state index contributed by atoms with van der Waals surface area (Å²) in [6.45, 7) is 0. The third kappa shape index (κ3) is 4.70. The first-order chi connectivity index (χ1) is 17.8. The van der Waals surface area contributed by atoms with Gasteiger partial charge in [-0.15, -0.1) is 0 Å². The predicted octanol–water partition coefficient (Wildman–Crippen LogP) is 6.23. The van der Waals surface area contributed by atoms with Gasteiger partial charge in [-0.25, -0.2) is 9.50 Å². The second-order valence-electron chi connectivity index (χ2n) is 7.84. The zero-order valence-corrected chi connectivity index (χ0v) is 18.9. The molecule has 7 nitrogen and oxygen atoms in total. The van der Waals surface area contributed by atoms with E-state index >= 15 is 0 Å². The average molecular weight is 499 g/mol. The summed E-state index contributed by atoms with van der Waals surface area (Å²) in [6, 6.07) is 25.9. The maximum absolute atomic E-state index is 12.9. The number of fused-ring (bicyclic) bond motifs is 1. The highest BCUT2D eigenvalue weighted by atomic mass is 19.4. The van der Waals surface area contributed by atoms with Gasteiger partial charge in [0.1, 0.15) is 28.8 Å². The zero-order chi connectivity index (χ0) is 26.0. The van der Waals surface area contributed by atoms with Gasteiger partial charge in [0.25, 0.3) is 0 Å². The number of hydrogen-bond donors (Lipinski definition) is 1. The lowest BCUT2D eigenvalue weighted by Gasteiger charge is -2.13. The van der Waals surface area contributed by atoms with Gasteiger partial charge in [-0.05, 0) is 48.5 Å². The fourth-order valence-corrected chi connectivity index (χ4v) is 3.77. The molecule has 0 aliphatic rings. The average Bonchev–Trinajstić information content (AvgIpc) is 3.28. The van der Waals surface area contributed by atoms with Crippen LogP contribution < -0.4 is 10.1 Å². The Hall–Kier alpha value is -5.17. The van der Waals surface area contributed by atoms with Crippen molar-refractivity contribution in [2.75, 3.05) is 5.32 Å². The lowest BCUT2D eigenvalue weighted by atomic mass is 10.1. The van der Waals surface area contributed by atoms with E-state index in [4.69, 9.17) is 4.74 Å². The molecule has 1 N–H and O–H groups in total. The number of halogens is 3. The number of anilines is 1. The number of nitrogens with zero attached hydrogens (tertiary/aromatic N) is 4. The molecule has 182 valence electrons. The molecule has 0 saturated heterocycles. The van der Waals surface area contributed by atoms with E-state index in [-0.39, 0.29) is 22.5 Å². The number of carbonyl (C=O) groups excluding carboxylic acids is 1. The molecule has 5 rings (SSSR count). The summed E-state index contributed by atoms with van der Waals surface area (Å²) in [5, 5.41) is 16.4. The molecule has 0 bridgehead atoms. The van der Waals surface area contributed by atoms with Crippen molar-refractivity contribution in [3.63, 3.8) is 0 Å². The van der Waals surface area contributed by atoms with Crippen molar-refractivity contribution in [1.29, 1.82) is 5.26 Å². The Morgan fingerprint density at radius 1 is 0.919 bits per heavy atom. The van der Waals surface area contributed by atoms with E-state index in [0.29, 0.717) is 28.5 Å². The Morgan fingerprint density at radius 2 is 1.59 bits per heavy atom. The topological polar surface area (TPSA) is 92.3 Å². The summed E-state index contributed by atoms with van der Waals surface area (Å²) < 4.78 is 45.8. The number of para-hydroxylation sites is 2. The number of nitrogens with one attached hydrogen (secondary N) is 1. The second kappa shape index (κ2) is 9.47. The van der Waals surface area contributed by atoms with Gasteiger partial charge in [0.15, 0.2) is 5.65 Å². The number of alkyl halides is 3. The van der Waals surface area contributed by atoms with Crippen LogP contribution in [0.1, 0.15) is 5.56 Å². The van der Waals surface area contributed by atoms with Gasteiger partial charge in [-0.1, -0.05) is 36.4 Å². The molecule has 0 aliphatic carbocycles. The highest BCUT2D eigenvalue weighted by molar-refractivity contribution is 5.98. The molecule has 0 fully saturated rings. The fourth-order valence-electron chi connectivity index (χ4n) is 3.77. The molecule has 2 aromatic heterocycles. The molecular formula is C27H16F3N5O2. The van der Waals surface area contributed by atoms with Crippen LogP contribution in [0.15, 0.2) is 91.1 Å². The smallest absolute Gasteiger partial charge is 0.457 e. The van der Waals surface area contributed by atoms with Gasteiger partial charge in [-0.2, -0.15) is 23.5 Å². The molecule has 0 radical (unpaired) electrons. The van der Waals surface area contributed by atoms with Crippen LogP contribution >= 0.6 is 0 Å². The van der Waals surface area contributed by atoms with Crippen LogP contribution in [0.3, 0.4) is 0 Å². The molecule has 0 spiro atoms. The maximum atomic E-state index is 12.9. The van der Waals surface area contributed by atoms with Crippen molar-refractivity contribution in [3.05, 3.63) is 96.7 Å². The zero-order valence-electron chi connectivity index (χ0n) is 18.9. The normalized spacial score (nSPS) is 11.2. The van der Waals surface area contributed by atoms with Crippen molar-refractivity contribution in [2.45, 2.75) is 6.18 Å². The standard InChI is InChI=1S/C27H16F3N5O2/c28-27(29,30)26(36)33-22-9-5-4-8-20(22)23-14-15-32-25-21(16-31)24(34-35(23)25)17-10-12-19(13-11-17)37-18-6-2-1-3-7-18/h1-15H,(H,33,36). The Balaban J connectivity index is 1.56. The van der Waals surface area contributed by atoms with Crippen molar-refractivity contribution in [3.8, 4) is 40.1 Å². The summed E-state index contributed by atoms with van der Waals surface area (Å²) in [5.41, 5.74) is 1.92. The first-order valence-electron chi connectivity index (χ1n) is 10.9. The van der Waals surface area contributed by atoms with Crippen LogP contribution in [0, 0.1) is 11.3 Å². The predicted molar refractivity (Wildman–Crippen MR) is 130 cm³/mol. The van der Waals surface area contributed by atoms with Gasteiger partial charge < -0.3 is 10.1 Å². The monoisotopic (exact) mass is 499 g/mol. The molecule has 0 atom stereocenters. The highest BCUT2D eigenvalue weighted by Crippen LogP contribution is 2.33. The van der Waals surface area contributed by atoms with E-state index in [1.54, 1.807) is 42.5 Å². The highest BCUT2D eigenvalue weighted by Gasteiger charge is 2.39. The molecule has 0 saturated carbocycles. The third-order valence-corrected chi connectivity index (χ3v) is 5.45. The van der Waals surface area contributed by atoms with Gasteiger partial charge in [-0.3, -0.25) is 4.79 Å². The number of benzene rings is 3. The van der Waals surface area contributed by atoms with Crippen LogP contribution in [0.2, 0.25) is 0 Å². The minimum Gasteiger partial charge on any atom is -0.457 e. The summed E-state index contributed by atoms with van der Waals surface area (Å²) in [4.78, 5) is 15.9. The second-order valence-corrected chi connectivity index (χ2v) is 7.84. The molecule has 5 aromatic rings. The Morgan fingerprint density at radius 3 is 2.30 bits per heavy atom. The maximum Gasteiger partial charge on any atom is 0.471 e. The first kappa shape index (κ1) is 23.6. The number of hydrogen-bond acceptors (Lipinski definition) is 5. The van der Waals surface area contributed by atoms with E-state index in [2.05, 4.69) is 16.2 Å². The lowest BCUT2D eigenvalue weighted by Crippen LogP contribution is -2.30. The number of ether oxygens (including phenoxy) is 1. The van der Waals surface area contributed by atoms with Crippen LogP contribution in [-0.4, -0.2) is 26.7 Å². The van der Waals surface area contributed by atoms with Crippen LogP contribution in [0.4, 0.5) is 18.9 Å². The molecule has 0 aliphatic heterocycles. The molecule has 0 unspecified atom stereocenters. The third-order valence-electron chi connectivity index (χ3n) is 5.45. The number of amides is 1. The van der Waals surface area contributed by atoms with Gasteiger partial charge in [0.2, 0.25) is 0 Å². The van der Waals surface area contributed by atoms with Crippen molar-refractivity contribution >= 4 is 17.2 Å². The SMILES string of the molecule is N#Cc1c(-c2ccc(Oc3ccccc3)cc2)nn2c(-c3ccccc3NC(=O)C(F)(F)F)ccnc12. The molecule has 10 heteroatoms. The lowest BCUT2D eigenvalue weighted by molar-refractivity contribution is -0.167. The van der Waals surface area contributed by atoms with Crippen LogP contribution in [0.5, 0.6) is 11.5 Å². The number of nitriles is 1. The minimum atomic E-state index is -5.05. The first-order valence-corrected chi connectivity index (χ1v) is 10.9. The summed E-state index contributed by atoms with van der Waals surface area (Å²) in [7, 11) is 0. The van der Waals surface area contributed by atoms with Crippen molar-refractivity contribution in [1.82, 2.24) is 14.6 Å². The molecule has 1 amide bonds. The Bertz CT molecular complexity index is 1640. The largest absolute Gasteiger partial charge is 0.471 e. The number of carbonyl (C=O) groups is 1. The van der Waals surface area contributed by atoms with Gasteiger partial charge >= 0.3 is 12.1 Å². The fraction of sp³-hybridized carbons (Fsp3) is 0.0370. The Labute approximate surface area is 208 Å². The summed E-state index contributed by atoms with van der Waals surface area (Å²) >= 11 is 0. The number of rotatable bonds is 5. The summed E-state index contributed by atoms with van der Waals surface area (Å²) in [6.07, 6.45) is -3.62. The summed E-state index contributed by atoms with van der Waals surface area (Å²) in [5.74, 6) is -0.835. The van der Waals surface area contributed by atoms with E-state index in [1.165, 1.54) is 22.8 Å². The van der Waals surface area contributed by atoms with Crippen LogP contribution in [-0.2, 0) is 4.79 Å².